The fourth-order valence-electron chi connectivity index (χ4n) is 1.81. The average molecular weight is 576 g/mol. The minimum atomic E-state index is 0.118. The number of hydrogen-bond donors (Lipinski definition) is 0. The standard InChI is InChI=1S/2C8H7ClN2O2.C5H4Cl2N2O/c1-3-4-13-6-5-10-7(9)8(11-6)12-2;1-3-4-13-7-8(12-2)11-6(9)5-10-7;1-10-5-4(7)8-2-3(6)9-5/h2*1,5H,4H2,2H3;2H,1H3. The van der Waals surface area contributed by atoms with E-state index in [0.717, 1.165) is 0 Å². The monoisotopic (exact) mass is 574 g/mol. The highest BCUT2D eigenvalue weighted by molar-refractivity contribution is 6.32. The summed E-state index contributed by atoms with van der Waals surface area (Å²) < 4.78 is 24.5. The van der Waals surface area contributed by atoms with E-state index < -0.39 is 0 Å². The van der Waals surface area contributed by atoms with Gasteiger partial charge in [-0.3, -0.25) is 0 Å². The Hall–Kier alpha value is -3.48. The molecule has 0 aliphatic heterocycles. The SMILES string of the molecule is C#CCOc1cnc(Cl)c(OC)n1.C#CCOc1ncc(Cl)nc1OC.COc1nc(Cl)cnc1Cl. The highest BCUT2D eigenvalue weighted by Crippen LogP contribution is 2.23. The van der Waals surface area contributed by atoms with E-state index in [9.17, 15) is 0 Å². The van der Waals surface area contributed by atoms with Gasteiger partial charge in [0.05, 0.1) is 39.9 Å². The number of methoxy groups -OCH3 is 3. The van der Waals surface area contributed by atoms with Crippen molar-refractivity contribution in [3.63, 3.8) is 0 Å². The van der Waals surface area contributed by atoms with Gasteiger partial charge in [-0.1, -0.05) is 58.2 Å². The Balaban J connectivity index is 0.000000273. The molecule has 15 heteroatoms. The molecule has 0 saturated heterocycles. The van der Waals surface area contributed by atoms with Crippen LogP contribution >= 0.6 is 46.4 Å². The van der Waals surface area contributed by atoms with Gasteiger partial charge < -0.3 is 23.7 Å². The molecular formula is C21H18Cl4N6O5. The van der Waals surface area contributed by atoms with Crippen molar-refractivity contribution in [3.8, 4) is 54.1 Å². The first-order chi connectivity index (χ1) is 17.3. The number of ether oxygens (including phenoxy) is 5. The third-order valence-corrected chi connectivity index (χ3v) is 4.08. The van der Waals surface area contributed by atoms with Gasteiger partial charge in [-0.25, -0.2) is 15.0 Å². The second-order valence-corrected chi connectivity index (χ2v) is 6.98. The summed E-state index contributed by atoms with van der Waals surface area (Å²) in [6.45, 7) is 0.256. The van der Waals surface area contributed by atoms with E-state index in [1.165, 1.54) is 39.9 Å². The number of aromatic nitrogens is 6. The predicted molar refractivity (Wildman–Crippen MR) is 134 cm³/mol. The summed E-state index contributed by atoms with van der Waals surface area (Å²) >= 11 is 22.2. The van der Waals surface area contributed by atoms with Crippen LogP contribution in [0, 0.1) is 24.7 Å². The van der Waals surface area contributed by atoms with Gasteiger partial charge in [0.1, 0.15) is 0 Å². The molecule has 0 unspecified atom stereocenters. The maximum atomic E-state index is 5.64. The van der Waals surface area contributed by atoms with Crippen molar-refractivity contribution in [3.05, 3.63) is 39.2 Å². The molecular weight excluding hydrogens is 558 g/mol. The zero-order chi connectivity index (χ0) is 26.9. The Morgan fingerprint density at radius 2 is 1.11 bits per heavy atom. The number of hydrogen-bond acceptors (Lipinski definition) is 11. The Morgan fingerprint density at radius 3 is 1.64 bits per heavy atom. The first-order valence-electron chi connectivity index (χ1n) is 9.27. The summed E-state index contributed by atoms with van der Waals surface area (Å²) in [5, 5.41) is 0.911. The molecule has 0 amide bonds. The Labute approximate surface area is 227 Å². The topological polar surface area (TPSA) is 123 Å². The maximum absolute atomic E-state index is 5.64. The van der Waals surface area contributed by atoms with E-state index >= 15 is 0 Å². The molecule has 0 bridgehead atoms. The number of nitrogens with zero attached hydrogens (tertiary/aromatic N) is 6. The Morgan fingerprint density at radius 1 is 0.639 bits per heavy atom. The smallest absolute Gasteiger partial charge is 0.279 e. The van der Waals surface area contributed by atoms with E-state index in [0.29, 0.717) is 5.88 Å². The van der Waals surface area contributed by atoms with Crippen LogP contribution in [0.25, 0.3) is 0 Å². The van der Waals surface area contributed by atoms with Crippen LogP contribution in [0.2, 0.25) is 20.6 Å². The van der Waals surface area contributed by atoms with Crippen molar-refractivity contribution < 1.29 is 23.7 Å². The molecule has 0 radical (unpaired) electrons. The molecule has 3 aromatic rings. The largest absolute Gasteiger partial charge is 0.479 e. The Kier molecular flexibility index (Phi) is 14.5. The van der Waals surface area contributed by atoms with Crippen LogP contribution in [-0.2, 0) is 0 Å². The maximum Gasteiger partial charge on any atom is 0.279 e. The van der Waals surface area contributed by atoms with Crippen LogP contribution in [-0.4, -0.2) is 64.4 Å². The number of halogens is 4. The lowest BCUT2D eigenvalue weighted by molar-refractivity contribution is 0.309. The quantitative estimate of drug-likeness (QED) is 0.378. The molecule has 0 aliphatic carbocycles. The third kappa shape index (κ3) is 10.8. The van der Waals surface area contributed by atoms with Gasteiger partial charge in [-0.05, 0) is 0 Å². The molecule has 0 spiro atoms. The lowest BCUT2D eigenvalue weighted by Gasteiger charge is -2.05. The van der Waals surface area contributed by atoms with Gasteiger partial charge in [0.25, 0.3) is 23.5 Å². The minimum absolute atomic E-state index is 0.118. The van der Waals surface area contributed by atoms with Gasteiger partial charge in [0, 0.05) is 0 Å². The number of rotatable bonds is 7. The summed E-state index contributed by atoms with van der Waals surface area (Å²) in [5.74, 6) is 5.83. The van der Waals surface area contributed by atoms with Crippen molar-refractivity contribution in [2.75, 3.05) is 34.5 Å². The zero-order valence-electron chi connectivity index (χ0n) is 19.0. The van der Waals surface area contributed by atoms with Gasteiger partial charge in [0.15, 0.2) is 33.8 Å². The fraction of sp³-hybridized carbons (Fsp3) is 0.238. The molecule has 36 heavy (non-hydrogen) atoms. The van der Waals surface area contributed by atoms with Crippen LogP contribution in [0.15, 0.2) is 18.6 Å². The molecule has 0 saturated carbocycles. The summed E-state index contributed by atoms with van der Waals surface area (Å²) in [4.78, 5) is 22.8. The van der Waals surface area contributed by atoms with E-state index in [4.69, 9.17) is 82.9 Å². The molecule has 3 heterocycles. The molecule has 0 atom stereocenters. The van der Waals surface area contributed by atoms with Crippen LogP contribution < -0.4 is 23.7 Å². The van der Waals surface area contributed by atoms with Crippen molar-refractivity contribution in [1.29, 1.82) is 0 Å². The lowest BCUT2D eigenvalue weighted by atomic mass is 10.6. The van der Waals surface area contributed by atoms with Crippen LogP contribution in [0.5, 0.6) is 29.4 Å². The van der Waals surface area contributed by atoms with Gasteiger partial charge in [0.2, 0.25) is 5.88 Å². The Bertz CT molecular complexity index is 1210. The summed E-state index contributed by atoms with van der Waals surface area (Å²) in [7, 11) is 4.34. The molecule has 0 aromatic carbocycles. The van der Waals surface area contributed by atoms with Crippen molar-refractivity contribution in [2.45, 2.75) is 0 Å². The molecule has 190 valence electrons. The molecule has 0 fully saturated rings. The highest BCUT2D eigenvalue weighted by Gasteiger charge is 2.08. The third-order valence-electron chi connectivity index (χ3n) is 3.20. The number of terminal acetylenes is 2. The molecule has 0 aliphatic rings. The van der Waals surface area contributed by atoms with Crippen molar-refractivity contribution in [2.24, 2.45) is 0 Å². The zero-order valence-corrected chi connectivity index (χ0v) is 22.1. The second kappa shape index (κ2) is 17.0. The van der Waals surface area contributed by atoms with E-state index in [1.807, 2.05) is 0 Å². The molecule has 3 rings (SSSR count). The van der Waals surface area contributed by atoms with Gasteiger partial charge >= 0.3 is 0 Å². The second-order valence-electron chi connectivity index (χ2n) is 5.49. The van der Waals surface area contributed by atoms with E-state index in [1.54, 1.807) is 0 Å². The van der Waals surface area contributed by atoms with Gasteiger partial charge in [-0.15, -0.1) is 12.8 Å². The summed E-state index contributed by atoms with van der Waals surface area (Å²) in [5.41, 5.74) is 0. The first-order valence-corrected chi connectivity index (χ1v) is 10.8. The van der Waals surface area contributed by atoms with E-state index in [-0.39, 0.29) is 57.3 Å². The fourth-order valence-corrected chi connectivity index (χ4v) is 2.39. The average Bonchev–Trinajstić information content (AvgIpc) is 2.89. The molecule has 0 N–H and O–H groups in total. The summed E-state index contributed by atoms with van der Waals surface area (Å²) in [6, 6.07) is 0. The minimum Gasteiger partial charge on any atom is -0.479 e. The van der Waals surface area contributed by atoms with Crippen LogP contribution in [0.1, 0.15) is 0 Å². The summed E-state index contributed by atoms with van der Waals surface area (Å²) in [6.07, 6.45) is 14.1. The predicted octanol–water partition coefficient (Wildman–Crippen LogP) is 4.09. The van der Waals surface area contributed by atoms with E-state index in [2.05, 4.69) is 41.7 Å². The van der Waals surface area contributed by atoms with Crippen molar-refractivity contribution >= 4 is 46.4 Å². The van der Waals surface area contributed by atoms with Gasteiger partial charge in [-0.2, -0.15) is 15.0 Å². The van der Waals surface area contributed by atoms with Crippen molar-refractivity contribution in [1.82, 2.24) is 29.9 Å². The highest BCUT2D eigenvalue weighted by atomic mass is 35.5. The van der Waals surface area contributed by atoms with Crippen LogP contribution in [0.3, 0.4) is 0 Å². The van der Waals surface area contributed by atoms with Crippen LogP contribution in [0.4, 0.5) is 0 Å². The molecule has 11 nitrogen and oxygen atoms in total. The lowest BCUT2D eigenvalue weighted by Crippen LogP contribution is -2.00. The first kappa shape index (κ1) is 30.6. The molecule has 3 aromatic heterocycles. The normalized spacial score (nSPS) is 9.14.